The van der Waals surface area contributed by atoms with Crippen LogP contribution in [0, 0.1) is 10.1 Å². The minimum Gasteiger partial charge on any atom is -0.385 e. The molecule has 0 aromatic heterocycles. The Balaban J connectivity index is 2.58. The molecule has 0 bridgehead atoms. The summed E-state index contributed by atoms with van der Waals surface area (Å²) in [6.45, 7) is 2.48. The molecule has 1 aromatic rings. The van der Waals surface area contributed by atoms with E-state index in [1.807, 2.05) is 6.92 Å². The van der Waals surface area contributed by atoms with E-state index in [1.165, 1.54) is 12.1 Å². The highest BCUT2D eigenvalue weighted by Gasteiger charge is 2.09. The van der Waals surface area contributed by atoms with Crippen molar-refractivity contribution in [3.8, 4) is 0 Å². The number of ether oxygens (including phenoxy) is 1. The normalized spacial score (nSPS) is 10.7. The van der Waals surface area contributed by atoms with Gasteiger partial charge in [0.2, 0.25) is 0 Å². The van der Waals surface area contributed by atoms with Gasteiger partial charge in [-0.05, 0) is 12.5 Å². The molecule has 1 aromatic carbocycles. The molecule has 6 nitrogen and oxygen atoms in total. The Morgan fingerprint density at radius 3 is 2.38 bits per heavy atom. The predicted octanol–water partition coefficient (Wildman–Crippen LogP) is 3.11. The number of rotatable bonds is 10. The van der Waals surface area contributed by atoms with Crippen molar-refractivity contribution >= 4 is 17.1 Å². The van der Waals surface area contributed by atoms with Gasteiger partial charge < -0.3 is 15.4 Å². The van der Waals surface area contributed by atoms with Crippen LogP contribution >= 0.6 is 0 Å². The fraction of sp³-hybridized carbons (Fsp3) is 0.538. The highest BCUT2D eigenvalue weighted by Crippen LogP contribution is 2.24. The van der Waals surface area contributed by atoms with Gasteiger partial charge in [0, 0.05) is 36.6 Å². The summed E-state index contributed by atoms with van der Waals surface area (Å²) in [6, 6.07) is 4.58. The first-order chi connectivity index (χ1) is 10.0. The molecule has 0 aliphatic carbocycles. The van der Waals surface area contributed by atoms with E-state index in [-0.39, 0.29) is 12.3 Å². The minimum absolute atomic E-state index is 0.0351. The molecule has 0 atom stereocenters. The van der Waals surface area contributed by atoms with Gasteiger partial charge in [-0.15, -0.1) is 0 Å². The molecular formula is C13H19F2N3O3. The summed E-state index contributed by atoms with van der Waals surface area (Å²) in [5, 5.41) is 16.9. The van der Waals surface area contributed by atoms with Gasteiger partial charge in [0.05, 0.1) is 11.5 Å². The summed E-state index contributed by atoms with van der Waals surface area (Å²) < 4.78 is 28.5. The van der Waals surface area contributed by atoms with Gasteiger partial charge in [0.1, 0.15) is 6.61 Å². The summed E-state index contributed by atoms with van der Waals surface area (Å²) in [7, 11) is 0. The first-order valence-electron chi connectivity index (χ1n) is 6.66. The Bertz CT molecular complexity index is 458. The first-order valence-corrected chi connectivity index (χ1v) is 6.66. The van der Waals surface area contributed by atoms with Crippen molar-refractivity contribution in [2.24, 2.45) is 0 Å². The van der Waals surface area contributed by atoms with E-state index in [4.69, 9.17) is 4.74 Å². The lowest BCUT2D eigenvalue weighted by Gasteiger charge is -2.10. The van der Waals surface area contributed by atoms with Crippen LogP contribution in [0.2, 0.25) is 0 Å². The summed E-state index contributed by atoms with van der Waals surface area (Å²) in [5.74, 6) is 0. The third-order valence-electron chi connectivity index (χ3n) is 2.53. The highest BCUT2D eigenvalue weighted by atomic mass is 19.3. The summed E-state index contributed by atoms with van der Waals surface area (Å²) in [6.07, 6.45) is -1.60. The fourth-order valence-corrected chi connectivity index (χ4v) is 1.63. The Labute approximate surface area is 121 Å². The maximum absolute atomic E-state index is 11.9. The van der Waals surface area contributed by atoms with Crippen LogP contribution in [0.5, 0.6) is 0 Å². The molecule has 0 fully saturated rings. The zero-order valence-corrected chi connectivity index (χ0v) is 11.8. The molecule has 8 heteroatoms. The van der Waals surface area contributed by atoms with Crippen molar-refractivity contribution in [3.05, 3.63) is 28.3 Å². The average Bonchev–Trinajstić information content (AvgIpc) is 2.44. The molecule has 0 amide bonds. The molecular weight excluding hydrogens is 284 g/mol. The maximum atomic E-state index is 11.9. The molecule has 2 N–H and O–H groups in total. The van der Waals surface area contributed by atoms with Crippen LogP contribution < -0.4 is 10.6 Å². The van der Waals surface area contributed by atoms with Crippen LogP contribution in [0.25, 0.3) is 0 Å². The SMILES string of the molecule is CCCNc1cc(NCCOCC(F)F)cc([N+](=O)[O-])c1. The lowest BCUT2D eigenvalue weighted by atomic mass is 10.2. The van der Waals surface area contributed by atoms with Gasteiger partial charge in [-0.2, -0.15) is 0 Å². The molecule has 0 saturated heterocycles. The lowest BCUT2D eigenvalue weighted by Crippen LogP contribution is -2.13. The molecule has 0 unspecified atom stereocenters. The Kier molecular flexibility index (Phi) is 7.38. The van der Waals surface area contributed by atoms with E-state index < -0.39 is 18.0 Å². The van der Waals surface area contributed by atoms with Crippen LogP contribution in [0.3, 0.4) is 0 Å². The van der Waals surface area contributed by atoms with Gasteiger partial charge in [-0.1, -0.05) is 6.92 Å². The Morgan fingerprint density at radius 1 is 1.24 bits per heavy atom. The molecule has 0 heterocycles. The maximum Gasteiger partial charge on any atom is 0.273 e. The Hall–Kier alpha value is -1.96. The molecule has 0 spiro atoms. The second-order valence-corrected chi connectivity index (χ2v) is 4.35. The number of nitrogens with one attached hydrogen (secondary N) is 2. The van der Waals surface area contributed by atoms with Crippen LogP contribution in [-0.2, 0) is 4.74 Å². The van der Waals surface area contributed by atoms with Crippen molar-refractivity contribution in [1.29, 1.82) is 0 Å². The zero-order valence-electron chi connectivity index (χ0n) is 11.8. The Morgan fingerprint density at radius 2 is 1.86 bits per heavy atom. The topological polar surface area (TPSA) is 76.4 Å². The van der Waals surface area contributed by atoms with Crippen molar-refractivity contribution in [3.63, 3.8) is 0 Å². The number of nitrogens with zero attached hydrogens (tertiary/aromatic N) is 1. The zero-order chi connectivity index (χ0) is 15.7. The third kappa shape index (κ3) is 6.84. The second kappa shape index (κ2) is 9.06. The van der Waals surface area contributed by atoms with Crippen LogP contribution in [-0.4, -0.2) is 37.7 Å². The van der Waals surface area contributed by atoms with E-state index in [0.717, 1.165) is 6.42 Å². The third-order valence-corrected chi connectivity index (χ3v) is 2.53. The standard InChI is InChI=1S/C13H19F2N3O3/c1-2-3-16-10-6-11(8-12(7-10)18(19)20)17-4-5-21-9-13(14)15/h6-8,13,16-17H,2-5,9H2,1H3. The number of nitro benzene ring substituents is 1. The number of hydrogen-bond acceptors (Lipinski definition) is 5. The monoisotopic (exact) mass is 303 g/mol. The van der Waals surface area contributed by atoms with E-state index >= 15 is 0 Å². The summed E-state index contributed by atoms with van der Waals surface area (Å²) in [4.78, 5) is 10.4. The van der Waals surface area contributed by atoms with Gasteiger partial charge >= 0.3 is 0 Å². The van der Waals surface area contributed by atoms with Gasteiger partial charge in [-0.25, -0.2) is 8.78 Å². The highest BCUT2D eigenvalue weighted by molar-refractivity contribution is 5.63. The number of benzene rings is 1. The van der Waals surface area contributed by atoms with Gasteiger partial charge in [-0.3, -0.25) is 10.1 Å². The van der Waals surface area contributed by atoms with Crippen LogP contribution in [0.1, 0.15) is 13.3 Å². The lowest BCUT2D eigenvalue weighted by molar-refractivity contribution is -0.384. The van der Waals surface area contributed by atoms with Crippen molar-refractivity contribution < 1.29 is 18.4 Å². The average molecular weight is 303 g/mol. The first kappa shape index (κ1) is 17.1. The molecule has 0 radical (unpaired) electrons. The van der Waals surface area contributed by atoms with Crippen LogP contribution in [0.15, 0.2) is 18.2 Å². The predicted molar refractivity (Wildman–Crippen MR) is 77.2 cm³/mol. The molecule has 0 saturated carbocycles. The largest absolute Gasteiger partial charge is 0.385 e. The number of non-ortho nitro benzene ring substituents is 1. The minimum atomic E-state index is -2.49. The quantitative estimate of drug-likeness (QED) is 0.394. The van der Waals surface area contributed by atoms with E-state index in [2.05, 4.69) is 10.6 Å². The van der Waals surface area contributed by atoms with Crippen molar-refractivity contribution in [2.45, 2.75) is 19.8 Å². The number of alkyl halides is 2. The number of nitro groups is 1. The van der Waals surface area contributed by atoms with Crippen molar-refractivity contribution in [2.75, 3.05) is 36.9 Å². The fourth-order valence-electron chi connectivity index (χ4n) is 1.63. The molecule has 0 aliphatic rings. The van der Waals surface area contributed by atoms with E-state index in [9.17, 15) is 18.9 Å². The van der Waals surface area contributed by atoms with E-state index in [1.54, 1.807) is 6.07 Å². The van der Waals surface area contributed by atoms with Gasteiger partial charge in [0.25, 0.3) is 12.1 Å². The second-order valence-electron chi connectivity index (χ2n) is 4.35. The van der Waals surface area contributed by atoms with Crippen molar-refractivity contribution in [1.82, 2.24) is 0 Å². The smallest absolute Gasteiger partial charge is 0.273 e. The molecule has 21 heavy (non-hydrogen) atoms. The number of halogens is 2. The number of anilines is 2. The number of hydrogen-bond donors (Lipinski definition) is 2. The van der Waals surface area contributed by atoms with E-state index in [0.29, 0.717) is 24.5 Å². The summed E-state index contributed by atoms with van der Waals surface area (Å²) >= 11 is 0. The van der Waals surface area contributed by atoms with Crippen LogP contribution in [0.4, 0.5) is 25.8 Å². The summed E-state index contributed by atoms with van der Waals surface area (Å²) in [5.41, 5.74) is 1.15. The van der Waals surface area contributed by atoms with Gasteiger partial charge in [0.15, 0.2) is 0 Å². The molecule has 0 aliphatic heterocycles. The molecule has 118 valence electrons. The molecule has 1 rings (SSSR count).